The molecule has 0 unspecified atom stereocenters. The fourth-order valence-corrected chi connectivity index (χ4v) is 9.59. The maximum Gasteiger partial charge on any atom is 0.180 e. The predicted octanol–water partition coefficient (Wildman–Crippen LogP) is 15.1. The summed E-state index contributed by atoms with van der Waals surface area (Å²) >= 11 is 0. The Morgan fingerprint density at radius 3 is 1.67 bits per heavy atom. The van der Waals surface area contributed by atoms with E-state index in [1.807, 2.05) is 36.4 Å². The monoisotopic (exact) mass is 763 g/mol. The van der Waals surface area contributed by atoms with Crippen LogP contribution in [-0.4, -0.2) is 14.5 Å². The molecule has 4 heteroatoms. The molecule has 0 radical (unpaired) electrons. The molecule has 0 aliphatic heterocycles. The van der Waals surface area contributed by atoms with Crippen molar-refractivity contribution in [3.63, 3.8) is 0 Å². The zero-order valence-electron chi connectivity index (χ0n) is 32.3. The zero-order chi connectivity index (χ0) is 39.3. The lowest BCUT2D eigenvalue weighted by molar-refractivity contribution is 0.667. The number of rotatable bonds is 4. The lowest BCUT2D eigenvalue weighted by Gasteiger charge is -2.18. The molecular weight excluding hydrogens is 731 g/mol. The van der Waals surface area contributed by atoms with Gasteiger partial charge >= 0.3 is 0 Å². The van der Waals surface area contributed by atoms with E-state index in [9.17, 15) is 0 Å². The Morgan fingerprint density at radius 1 is 0.367 bits per heavy atom. The Labute approximate surface area is 344 Å². The van der Waals surface area contributed by atoms with Crippen molar-refractivity contribution in [3.05, 3.63) is 200 Å². The van der Waals surface area contributed by atoms with Crippen LogP contribution in [0.3, 0.4) is 0 Å². The first-order chi connectivity index (χ1) is 29.7. The second kappa shape index (κ2) is 12.7. The highest BCUT2D eigenvalue weighted by Crippen LogP contribution is 2.45. The Bertz CT molecular complexity index is 3880. The molecule has 0 aliphatic carbocycles. The smallest absolute Gasteiger partial charge is 0.180 e. The zero-order valence-corrected chi connectivity index (χ0v) is 32.3. The van der Waals surface area contributed by atoms with Crippen LogP contribution in [0.1, 0.15) is 0 Å². The summed E-state index contributed by atoms with van der Waals surface area (Å²) in [4.78, 5) is 10.4. The number of benzene rings is 10. The van der Waals surface area contributed by atoms with Crippen molar-refractivity contribution in [1.82, 2.24) is 14.5 Å². The van der Waals surface area contributed by atoms with Crippen molar-refractivity contribution in [2.75, 3.05) is 0 Å². The number of aromatic nitrogens is 3. The Morgan fingerprint density at radius 2 is 0.950 bits per heavy atom. The minimum atomic E-state index is 0.664. The first-order valence-corrected chi connectivity index (χ1v) is 20.4. The molecule has 0 saturated carbocycles. The van der Waals surface area contributed by atoms with Gasteiger partial charge in [-0.1, -0.05) is 158 Å². The number of hydrogen-bond acceptors (Lipinski definition) is 3. The third-order valence-electron chi connectivity index (χ3n) is 12.3. The molecule has 10 aromatic carbocycles. The molecule has 13 aromatic rings. The van der Waals surface area contributed by atoms with Crippen LogP contribution >= 0.6 is 0 Å². The van der Waals surface area contributed by atoms with Gasteiger partial charge in [-0.2, -0.15) is 0 Å². The summed E-state index contributed by atoms with van der Waals surface area (Å²) in [6.07, 6.45) is 0. The Balaban J connectivity index is 1.17. The molecule has 0 saturated heterocycles. The number of fused-ring (bicyclic) bond motifs is 13. The highest BCUT2D eigenvalue weighted by atomic mass is 16.3. The van der Waals surface area contributed by atoms with Gasteiger partial charge < -0.3 is 8.98 Å². The van der Waals surface area contributed by atoms with Gasteiger partial charge in [-0.15, -0.1) is 0 Å². The van der Waals surface area contributed by atoms with Gasteiger partial charge in [-0.25, -0.2) is 9.97 Å². The van der Waals surface area contributed by atoms with E-state index in [0.29, 0.717) is 11.4 Å². The lowest BCUT2D eigenvalue weighted by Crippen LogP contribution is -1.99. The van der Waals surface area contributed by atoms with E-state index in [1.165, 1.54) is 59.4 Å². The summed E-state index contributed by atoms with van der Waals surface area (Å²) in [5.41, 5.74) is 10.6. The molecule has 0 bridgehead atoms. The van der Waals surface area contributed by atoms with Gasteiger partial charge in [0.05, 0.1) is 16.7 Å². The molecule has 0 atom stereocenters. The fraction of sp³-hybridized carbons (Fsp3) is 0. The van der Waals surface area contributed by atoms with E-state index in [4.69, 9.17) is 14.4 Å². The van der Waals surface area contributed by atoms with E-state index >= 15 is 0 Å². The maximum atomic E-state index is 6.72. The van der Waals surface area contributed by atoms with Crippen molar-refractivity contribution in [1.29, 1.82) is 0 Å². The van der Waals surface area contributed by atoms with E-state index in [1.54, 1.807) is 0 Å². The average Bonchev–Trinajstić information content (AvgIpc) is 3.85. The molecule has 13 rings (SSSR count). The van der Waals surface area contributed by atoms with Gasteiger partial charge in [0.1, 0.15) is 16.8 Å². The second-order valence-corrected chi connectivity index (χ2v) is 15.7. The summed E-state index contributed by atoms with van der Waals surface area (Å²) in [5.74, 6) is 0.664. The molecule has 0 amide bonds. The van der Waals surface area contributed by atoms with Gasteiger partial charge in [-0.05, 0) is 91.1 Å². The van der Waals surface area contributed by atoms with Crippen LogP contribution in [0.2, 0.25) is 0 Å². The van der Waals surface area contributed by atoms with Crippen molar-refractivity contribution in [3.8, 4) is 39.5 Å². The molecule has 3 aromatic heterocycles. The molecule has 278 valence electrons. The first kappa shape index (κ1) is 32.9. The van der Waals surface area contributed by atoms with Crippen LogP contribution in [0.5, 0.6) is 0 Å². The Kier molecular flexibility index (Phi) is 6.98. The summed E-state index contributed by atoms with van der Waals surface area (Å²) in [7, 11) is 0. The van der Waals surface area contributed by atoms with Crippen LogP contribution in [0.25, 0.3) is 126 Å². The van der Waals surface area contributed by atoms with Crippen LogP contribution in [0.15, 0.2) is 205 Å². The normalized spacial score (nSPS) is 12.0. The molecule has 4 nitrogen and oxygen atoms in total. The third kappa shape index (κ3) is 4.85. The summed E-state index contributed by atoms with van der Waals surface area (Å²) in [6.45, 7) is 0. The first-order valence-electron chi connectivity index (χ1n) is 20.4. The highest BCUT2D eigenvalue weighted by molar-refractivity contribution is 6.27. The molecule has 60 heavy (non-hydrogen) atoms. The van der Waals surface area contributed by atoms with E-state index in [-0.39, 0.29) is 0 Å². The Hall–Kier alpha value is -8.08. The van der Waals surface area contributed by atoms with Crippen LogP contribution in [0, 0.1) is 0 Å². The number of furan rings is 1. The largest absolute Gasteiger partial charge is 0.452 e. The van der Waals surface area contributed by atoms with Crippen molar-refractivity contribution >= 4 is 87.0 Å². The quantitative estimate of drug-likeness (QED) is 0.168. The highest BCUT2D eigenvalue weighted by Gasteiger charge is 2.22. The summed E-state index contributed by atoms with van der Waals surface area (Å²) in [6, 6.07) is 71.7. The van der Waals surface area contributed by atoms with Crippen molar-refractivity contribution < 1.29 is 4.42 Å². The van der Waals surface area contributed by atoms with Crippen LogP contribution < -0.4 is 0 Å². The number of nitrogens with zero attached hydrogens (tertiary/aromatic N) is 3. The third-order valence-corrected chi connectivity index (χ3v) is 12.3. The number of para-hydroxylation sites is 1. The van der Waals surface area contributed by atoms with Crippen LogP contribution in [-0.2, 0) is 0 Å². The fourth-order valence-electron chi connectivity index (χ4n) is 9.59. The van der Waals surface area contributed by atoms with Gasteiger partial charge in [0.2, 0.25) is 0 Å². The van der Waals surface area contributed by atoms with Gasteiger partial charge in [0.15, 0.2) is 11.4 Å². The van der Waals surface area contributed by atoms with Gasteiger partial charge in [-0.3, -0.25) is 0 Å². The average molecular weight is 764 g/mol. The van der Waals surface area contributed by atoms with Gasteiger partial charge in [0, 0.05) is 32.8 Å². The molecule has 0 aliphatic rings. The SMILES string of the molecule is c1ccc(-c2nc(-c3ccccc3)c3oc4ccc(-c5cc6c7ccccc7c7ccccc7c6cc5-n5c6ccccc6c6cc7ccccc7cc65)cc4c3n2)cc1. The standard InChI is InChI=1S/C56H33N3O/c1-3-15-34(16-4-1)53-55-54(58-56(57-53)35-17-5-2-6-18-35)48-30-38(27-28-52(48)60-55)44-32-45-41-23-11-9-21-39(41)40-22-10-12-24-42(40)46(45)33-51(44)59-49-26-14-13-25-43(49)47-29-36-19-7-8-20-37(36)31-50(47)59/h1-33H. The molecular formula is C56H33N3O. The molecule has 0 fully saturated rings. The minimum absolute atomic E-state index is 0.664. The van der Waals surface area contributed by atoms with Crippen molar-refractivity contribution in [2.45, 2.75) is 0 Å². The van der Waals surface area contributed by atoms with E-state index in [0.717, 1.165) is 55.6 Å². The second-order valence-electron chi connectivity index (χ2n) is 15.7. The topological polar surface area (TPSA) is 43.9 Å². The van der Waals surface area contributed by atoms with Gasteiger partial charge in [0.25, 0.3) is 0 Å². The lowest BCUT2D eigenvalue weighted by atomic mass is 9.90. The van der Waals surface area contributed by atoms with E-state index in [2.05, 4.69) is 168 Å². The maximum absolute atomic E-state index is 6.72. The van der Waals surface area contributed by atoms with Crippen LogP contribution in [0.4, 0.5) is 0 Å². The molecule has 3 heterocycles. The number of hydrogen-bond donors (Lipinski definition) is 0. The summed E-state index contributed by atoms with van der Waals surface area (Å²) in [5, 5.41) is 13.2. The molecule has 0 spiro atoms. The van der Waals surface area contributed by atoms with E-state index < -0.39 is 0 Å². The van der Waals surface area contributed by atoms with Crippen molar-refractivity contribution in [2.24, 2.45) is 0 Å². The summed E-state index contributed by atoms with van der Waals surface area (Å²) < 4.78 is 9.21. The minimum Gasteiger partial charge on any atom is -0.452 e. The molecule has 0 N–H and O–H groups in total. The predicted molar refractivity (Wildman–Crippen MR) is 250 cm³/mol.